The maximum Gasteiger partial charge on any atom is 0.345 e. The number of likely N-dealkylation sites (tertiary alicyclic amines) is 1. The van der Waals surface area contributed by atoms with Crippen LogP contribution in [0.15, 0.2) is 60.7 Å². The summed E-state index contributed by atoms with van der Waals surface area (Å²) in [6, 6.07) is 19.8. The van der Waals surface area contributed by atoms with Gasteiger partial charge in [-0.1, -0.05) is 49.6 Å². The van der Waals surface area contributed by atoms with Gasteiger partial charge in [-0.3, -0.25) is 9.59 Å². The minimum absolute atomic E-state index is 0.0707. The number of carbonyl (C=O) groups excluding carboxylic acids is 2. The summed E-state index contributed by atoms with van der Waals surface area (Å²) in [6.07, 6.45) is 8.07. The van der Waals surface area contributed by atoms with Crippen molar-refractivity contribution in [2.24, 2.45) is 0 Å². The normalized spacial score (nSPS) is 15.8. The molecule has 2 aromatic carbocycles. The van der Waals surface area contributed by atoms with Crippen molar-refractivity contribution in [2.45, 2.75) is 70.4 Å². The van der Waals surface area contributed by atoms with Crippen LogP contribution in [0.3, 0.4) is 0 Å². The third-order valence-electron chi connectivity index (χ3n) is 9.22. The number of benzene rings is 2. The smallest absolute Gasteiger partial charge is 0.345 e. The fraction of sp³-hybridized carbons (Fsp3) is 0.417. The Morgan fingerprint density at radius 1 is 1.00 bits per heavy atom. The van der Waals surface area contributed by atoms with Crippen LogP contribution in [0.25, 0.3) is 21.5 Å². The van der Waals surface area contributed by atoms with E-state index >= 15 is 0 Å². The molecule has 236 valence electrons. The second-order valence-corrected chi connectivity index (χ2v) is 13.3. The number of aromatic nitrogens is 1. The van der Waals surface area contributed by atoms with Crippen molar-refractivity contribution in [2.75, 3.05) is 26.7 Å². The van der Waals surface area contributed by atoms with Gasteiger partial charge in [-0.2, -0.15) is 0 Å². The maximum absolute atomic E-state index is 13.8. The van der Waals surface area contributed by atoms with E-state index in [0.29, 0.717) is 32.0 Å². The Bertz CT molecular complexity index is 1650. The van der Waals surface area contributed by atoms with Gasteiger partial charge in [0.15, 0.2) is 0 Å². The summed E-state index contributed by atoms with van der Waals surface area (Å²) in [5, 5.41) is 9.91. The van der Waals surface area contributed by atoms with E-state index in [-0.39, 0.29) is 23.2 Å². The monoisotopic (exact) mass is 627 g/mol. The lowest BCUT2D eigenvalue weighted by atomic mass is 9.83. The molecule has 2 aliphatic rings. The molecule has 1 N–H and O–H groups in total. The molecule has 1 saturated heterocycles. The molecule has 0 radical (unpaired) electrons. The number of nitrogens with zero attached hydrogens (tertiary/aromatic N) is 3. The SMILES string of the molecule is CN(CCN1CCCCC1=O)C(=O)Cn1c(-c2ccc(OCc3ccccc3)cc2)c(C2CCCCC2)c2sc(C(=O)O)cc21. The lowest BCUT2D eigenvalue weighted by molar-refractivity contribution is -0.136. The van der Waals surface area contributed by atoms with Crippen molar-refractivity contribution in [1.29, 1.82) is 0 Å². The number of likely N-dealkylation sites (N-methyl/N-ethyl adjacent to an activating group) is 1. The van der Waals surface area contributed by atoms with E-state index in [0.717, 1.165) is 83.4 Å². The van der Waals surface area contributed by atoms with Crippen molar-refractivity contribution in [1.82, 2.24) is 14.4 Å². The van der Waals surface area contributed by atoms with Crippen molar-refractivity contribution in [3.63, 3.8) is 0 Å². The topological polar surface area (TPSA) is 92.1 Å². The van der Waals surface area contributed by atoms with Crippen LogP contribution in [0.2, 0.25) is 0 Å². The molecule has 6 rings (SSSR count). The van der Waals surface area contributed by atoms with Crippen LogP contribution < -0.4 is 4.74 Å². The van der Waals surface area contributed by atoms with E-state index in [9.17, 15) is 19.5 Å². The number of rotatable bonds is 11. The lowest BCUT2D eigenvalue weighted by Gasteiger charge is -2.29. The molecule has 3 heterocycles. The average Bonchev–Trinajstić information content (AvgIpc) is 3.63. The number of hydrogen-bond acceptors (Lipinski definition) is 5. The number of carbonyl (C=O) groups is 3. The fourth-order valence-electron chi connectivity index (χ4n) is 6.70. The molecule has 9 heteroatoms. The molecule has 1 aliphatic heterocycles. The minimum Gasteiger partial charge on any atom is -0.489 e. The molecule has 8 nitrogen and oxygen atoms in total. The van der Waals surface area contributed by atoms with Crippen molar-refractivity contribution >= 4 is 39.3 Å². The summed E-state index contributed by atoms with van der Waals surface area (Å²) in [6.45, 7) is 2.28. The first-order chi connectivity index (χ1) is 21.9. The number of fused-ring (bicyclic) bond motifs is 1. The largest absolute Gasteiger partial charge is 0.489 e. The molecule has 1 aliphatic carbocycles. The van der Waals surface area contributed by atoms with Crippen LogP contribution >= 0.6 is 11.3 Å². The molecule has 2 amide bonds. The summed E-state index contributed by atoms with van der Waals surface area (Å²) >= 11 is 1.31. The fourth-order valence-corrected chi connectivity index (χ4v) is 7.82. The Balaban J connectivity index is 1.33. The van der Waals surface area contributed by atoms with Gasteiger partial charge in [0.05, 0.1) is 15.9 Å². The molecule has 0 atom stereocenters. The second kappa shape index (κ2) is 13.9. The van der Waals surface area contributed by atoms with Gasteiger partial charge >= 0.3 is 5.97 Å². The van der Waals surface area contributed by atoms with Crippen LogP contribution in [0.5, 0.6) is 5.75 Å². The Morgan fingerprint density at radius 3 is 2.47 bits per heavy atom. The van der Waals surface area contributed by atoms with Gasteiger partial charge in [-0.05, 0) is 78.6 Å². The van der Waals surface area contributed by atoms with Gasteiger partial charge in [0, 0.05) is 33.1 Å². The number of aromatic carboxylic acids is 1. The van der Waals surface area contributed by atoms with Crippen LogP contribution in [-0.4, -0.2) is 63.9 Å². The second-order valence-electron chi connectivity index (χ2n) is 12.3. The van der Waals surface area contributed by atoms with E-state index in [4.69, 9.17) is 4.74 Å². The highest BCUT2D eigenvalue weighted by Gasteiger charge is 2.30. The Hall–Kier alpha value is -4.11. The number of amides is 2. The van der Waals surface area contributed by atoms with Gasteiger partial charge in [-0.15, -0.1) is 11.3 Å². The number of hydrogen-bond donors (Lipinski definition) is 1. The number of ether oxygens (including phenoxy) is 1. The summed E-state index contributed by atoms with van der Waals surface area (Å²) < 4.78 is 9.07. The lowest BCUT2D eigenvalue weighted by Crippen LogP contribution is -2.42. The standard InChI is InChI=1S/C36H41N3O5S/c1-37(20-21-38-19-9-8-14-31(38)40)32(41)23-39-29-22-30(36(42)43)45-35(29)33(26-12-6-3-7-13-26)34(39)27-15-17-28(18-16-27)44-24-25-10-4-2-5-11-25/h2,4-5,10-11,15-18,22,26H,3,6-9,12-14,19-21,23-24H2,1H3,(H,42,43). The zero-order valence-corrected chi connectivity index (χ0v) is 26.7. The van der Waals surface area contributed by atoms with Crippen LogP contribution in [0, 0.1) is 0 Å². The first-order valence-electron chi connectivity index (χ1n) is 16.1. The Morgan fingerprint density at radius 2 is 1.76 bits per heavy atom. The number of carboxylic acids is 1. The van der Waals surface area contributed by atoms with E-state index in [2.05, 4.69) is 12.1 Å². The molecule has 4 aromatic rings. The van der Waals surface area contributed by atoms with E-state index in [1.807, 2.05) is 51.9 Å². The van der Waals surface area contributed by atoms with Crippen LogP contribution in [-0.2, 0) is 22.7 Å². The summed E-state index contributed by atoms with van der Waals surface area (Å²) in [5.41, 5.74) is 5.02. The molecule has 1 saturated carbocycles. The van der Waals surface area contributed by atoms with E-state index < -0.39 is 5.97 Å². The average molecular weight is 628 g/mol. The van der Waals surface area contributed by atoms with E-state index in [1.54, 1.807) is 18.0 Å². The third-order valence-corrected chi connectivity index (χ3v) is 10.4. The Kier molecular flexibility index (Phi) is 9.54. The molecule has 2 aromatic heterocycles. The molecule has 45 heavy (non-hydrogen) atoms. The molecular formula is C36H41N3O5S. The molecular weight excluding hydrogens is 586 g/mol. The number of thiophene rings is 1. The predicted octanol–water partition coefficient (Wildman–Crippen LogP) is 7.17. The molecule has 0 spiro atoms. The highest BCUT2D eigenvalue weighted by Crippen LogP contribution is 2.47. The summed E-state index contributed by atoms with van der Waals surface area (Å²) in [4.78, 5) is 42.0. The highest BCUT2D eigenvalue weighted by atomic mass is 32.1. The first kappa shape index (κ1) is 30.9. The molecule has 2 fully saturated rings. The maximum atomic E-state index is 13.8. The zero-order chi connectivity index (χ0) is 31.3. The van der Waals surface area contributed by atoms with E-state index in [1.165, 1.54) is 17.8 Å². The number of carboxylic acid groups (broad SMARTS) is 1. The van der Waals surface area contributed by atoms with Crippen molar-refractivity contribution in [3.05, 3.63) is 76.7 Å². The van der Waals surface area contributed by atoms with Gasteiger partial charge < -0.3 is 24.2 Å². The van der Waals surface area contributed by atoms with Crippen molar-refractivity contribution in [3.8, 4) is 17.0 Å². The molecule has 0 bridgehead atoms. The van der Waals surface area contributed by atoms with Gasteiger partial charge in [0.2, 0.25) is 11.8 Å². The van der Waals surface area contributed by atoms with Crippen molar-refractivity contribution < 1.29 is 24.2 Å². The number of piperidine rings is 1. The molecule has 0 unspecified atom stereocenters. The van der Waals surface area contributed by atoms with Crippen LogP contribution in [0.1, 0.15) is 78.1 Å². The summed E-state index contributed by atoms with van der Waals surface area (Å²) in [5.74, 6) is 0.194. The highest BCUT2D eigenvalue weighted by molar-refractivity contribution is 7.21. The van der Waals surface area contributed by atoms with Gasteiger partial charge in [0.1, 0.15) is 23.8 Å². The minimum atomic E-state index is -0.951. The van der Waals surface area contributed by atoms with Gasteiger partial charge in [-0.25, -0.2) is 4.79 Å². The van der Waals surface area contributed by atoms with Crippen LogP contribution in [0.4, 0.5) is 0 Å². The quantitative estimate of drug-likeness (QED) is 0.190. The Labute approximate surface area is 268 Å². The first-order valence-corrected chi connectivity index (χ1v) is 16.9. The van der Waals surface area contributed by atoms with Gasteiger partial charge in [0.25, 0.3) is 0 Å². The summed E-state index contributed by atoms with van der Waals surface area (Å²) in [7, 11) is 1.79. The third kappa shape index (κ3) is 6.93. The predicted molar refractivity (Wildman–Crippen MR) is 177 cm³/mol. The zero-order valence-electron chi connectivity index (χ0n) is 25.9.